The molecule has 2 aliphatic rings. The van der Waals surface area contributed by atoms with Gasteiger partial charge in [0.25, 0.3) is 0 Å². The summed E-state index contributed by atoms with van der Waals surface area (Å²) in [5.41, 5.74) is -0.723. The van der Waals surface area contributed by atoms with Crippen LogP contribution in [-0.2, 0) is 14.3 Å². The number of amides is 1. The Kier molecular flexibility index (Phi) is 2.45. The summed E-state index contributed by atoms with van der Waals surface area (Å²) < 4.78 is 5.10. The molecule has 0 aliphatic carbocycles. The molecule has 2 heterocycles. The van der Waals surface area contributed by atoms with Crippen LogP contribution in [0.1, 0.15) is 20.3 Å². The zero-order valence-electron chi connectivity index (χ0n) is 9.07. The molecule has 0 aromatic rings. The summed E-state index contributed by atoms with van der Waals surface area (Å²) in [7, 11) is 0. The zero-order chi connectivity index (χ0) is 11.2. The van der Waals surface area contributed by atoms with Gasteiger partial charge in [-0.2, -0.15) is 0 Å². The highest BCUT2D eigenvalue weighted by Crippen LogP contribution is 2.43. The van der Waals surface area contributed by atoms with Crippen molar-refractivity contribution in [1.29, 1.82) is 0 Å². The van der Waals surface area contributed by atoms with E-state index >= 15 is 0 Å². The van der Waals surface area contributed by atoms with Gasteiger partial charge in [0.15, 0.2) is 11.6 Å². The van der Waals surface area contributed by atoms with E-state index in [1.807, 2.05) is 20.1 Å². The molecule has 2 fully saturated rings. The fraction of sp³-hybridized carbons (Fsp3) is 0.800. The predicted octanol–water partition coefficient (Wildman–Crippen LogP) is 0.558. The van der Waals surface area contributed by atoms with Crippen LogP contribution in [0.15, 0.2) is 0 Å². The highest BCUT2D eigenvalue weighted by molar-refractivity contribution is 8.00. The lowest BCUT2D eigenvalue weighted by Crippen LogP contribution is -2.67. The fourth-order valence-electron chi connectivity index (χ4n) is 2.38. The first-order valence-electron chi connectivity index (χ1n) is 5.07. The van der Waals surface area contributed by atoms with Gasteiger partial charge in [-0.3, -0.25) is 4.79 Å². The van der Waals surface area contributed by atoms with E-state index in [4.69, 9.17) is 4.74 Å². The summed E-state index contributed by atoms with van der Waals surface area (Å²) in [5, 5.41) is 2.58. The maximum atomic E-state index is 11.6. The third kappa shape index (κ3) is 1.36. The molecule has 3 unspecified atom stereocenters. The second kappa shape index (κ2) is 3.40. The first kappa shape index (κ1) is 10.8. The second-order valence-corrected chi connectivity index (χ2v) is 5.52. The molecular formula is C10H15NO3S. The Bertz CT molecular complexity index is 318. The van der Waals surface area contributed by atoms with Crippen molar-refractivity contribution in [1.82, 2.24) is 5.32 Å². The topological polar surface area (TPSA) is 55.4 Å². The van der Waals surface area contributed by atoms with Crippen LogP contribution in [-0.4, -0.2) is 35.0 Å². The molecule has 0 spiro atoms. The maximum absolute atomic E-state index is 11.6. The summed E-state index contributed by atoms with van der Waals surface area (Å²) in [6.45, 7) is 4.08. The van der Waals surface area contributed by atoms with Crippen molar-refractivity contribution in [3.8, 4) is 0 Å². The SMILES string of the molecule is CSC1C(=O)NC2(CC(C)C)C(=O)OC12. The number of carbonyl (C=O) groups excluding carboxylic acids is 2. The van der Waals surface area contributed by atoms with Gasteiger partial charge in [0.1, 0.15) is 5.25 Å². The summed E-state index contributed by atoms with van der Waals surface area (Å²) >= 11 is 1.44. The quantitative estimate of drug-likeness (QED) is 0.718. The average Bonchev–Trinajstić information content (AvgIpc) is 2.35. The van der Waals surface area contributed by atoms with Crippen molar-refractivity contribution in [3.63, 3.8) is 0 Å². The summed E-state index contributed by atoms with van der Waals surface area (Å²) in [4.78, 5) is 23.2. The molecule has 4 nitrogen and oxygen atoms in total. The Balaban J connectivity index is 2.23. The van der Waals surface area contributed by atoms with Gasteiger partial charge in [-0.25, -0.2) is 4.79 Å². The molecule has 0 aromatic heterocycles. The summed E-state index contributed by atoms with van der Waals surface area (Å²) in [6, 6.07) is 0. The molecule has 5 heteroatoms. The summed E-state index contributed by atoms with van der Waals surface area (Å²) in [5.74, 6) is 0.0198. The Morgan fingerprint density at radius 1 is 1.53 bits per heavy atom. The number of hydrogen-bond donors (Lipinski definition) is 1. The Morgan fingerprint density at radius 2 is 2.20 bits per heavy atom. The number of carbonyl (C=O) groups is 2. The molecule has 0 aromatic carbocycles. The number of fused-ring (bicyclic) bond motifs is 1. The van der Waals surface area contributed by atoms with Crippen LogP contribution in [0.2, 0.25) is 0 Å². The molecule has 0 saturated carbocycles. The number of ether oxygens (including phenoxy) is 1. The monoisotopic (exact) mass is 229 g/mol. The van der Waals surface area contributed by atoms with Gasteiger partial charge >= 0.3 is 5.97 Å². The minimum Gasteiger partial charge on any atom is -0.456 e. The van der Waals surface area contributed by atoms with E-state index in [1.54, 1.807) is 0 Å². The lowest BCUT2D eigenvalue weighted by atomic mass is 9.81. The lowest BCUT2D eigenvalue weighted by molar-refractivity contribution is -0.188. The van der Waals surface area contributed by atoms with Crippen LogP contribution in [0.4, 0.5) is 0 Å². The van der Waals surface area contributed by atoms with E-state index in [-0.39, 0.29) is 23.2 Å². The number of thioether (sulfide) groups is 1. The van der Waals surface area contributed by atoms with E-state index in [1.165, 1.54) is 11.8 Å². The van der Waals surface area contributed by atoms with E-state index in [9.17, 15) is 9.59 Å². The fourth-order valence-corrected chi connectivity index (χ4v) is 3.18. The van der Waals surface area contributed by atoms with Gasteiger partial charge in [-0.05, 0) is 18.6 Å². The van der Waals surface area contributed by atoms with Crippen LogP contribution >= 0.6 is 11.8 Å². The largest absolute Gasteiger partial charge is 0.456 e. The molecule has 1 amide bonds. The molecule has 15 heavy (non-hydrogen) atoms. The van der Waals surface area contributed by atoms with Gasteiger partial charge in [0.2, 0.25) is 5.91 Å². The molecule has 0 bridgehead atoms. The first-order valence-corrected chi connectivity index (χ1v) is 6.36. The highest BCUT2D eigenvalue weighted by atomic mass is 32.2. The number of hydrogen-bond acceptors (Lipinski definition) is 4. The van der Waals surface area contributed by atoms with E-state index in [0.717, 1.165) is 0 Å². The third-order valence-corrected chi connectivity index (χ3v) is 3.92. The van der Waals surface area contributed by atoms with Crippen LogP contribution in [0.25, 0.3) is 0 Å². The van der Waals surface area contributed by atoms with Crippen molar-refractivity contribution < 1.29 is 14.3 Å². The van der Waals surface area contributed by atoms with Crippen molar-refractivity contribution in [2.24, 2.45) is 5.92 Å². The van der Waals surface area contributed by atoms with E-state index < -0.39 is 5.54 Å². The van der Waals surface area contributed by atoms with Crippen LogP contribution < -0.4 is 5.32 Å². The van der Waals surface area contributed by atoms with E-state index in [2.05, 4.69) is 5.32 Å². The number of rotatable bonds is 3. The molecule has 2 saturated heterocycles. The highest BCUT2D eigenvalue weighted by Gasteiger charge is 2.68. The van der Waals surface area contributed by atoms with Crippen molar-refractivity contribution in [2.75, 3.05) is 6.26 Å². The van der Waals surface area contributed by atoms with Crippen molar-refractivity contribution >= 4 is 23.6 Å². The van der Waals surface area contributed by atoms with Gasteiger partial charge < -0.3 is 10.1 Å². The average molecular weight is 229 g/mol. The van der Waals surface area contributed by atoms with Crippen LogP contribution in [0, 0.1) is 5.92 Å². The van der Waals surface area contributed by atoms with Crippen LogP contribution in [0.3, 0.4) is 0 Å². The first-order chi connectivity index (χ1) is 7.01. The molecular weight excluding hydrogens is 214 g/mol. The molecule has 84 valence electrons. The molecule has 0 radical (unpaired) electrons. The van der Waals surface area contributed by atoms with Gasteiger partial charge in [0, 0.05) is 0 Å². The Hall–Kier alpha value is -0.710. The van der Waals surface area contributed by atoms with Crippen molar-refractivity contribution in [3.05, 3.63) is 0 Å². The van der Waals surface area contributed by atoms with Crippen molar-refractivity contribution in [2.45, 2.75) is 37.2 Å². The van der Waals surface area contributed by atoms with Crippen LogP contribution in [0.5, 0.6) is 0 Å². The molecule has 2 aliphatic heterocycles. The van der Waals surface area contributed by atoms with E-state index in [0.29, 0.717) is 12.3 Å². The Morgan fingerprint density at radius 3 is 2.67 bits per heavy atom. The predicted molar refractivity (Wildman–Crippen MR) is 57.5 cm³/mol. The third-order valence-electron chi connectivity index (χ3n) is 2.95. The number of nitrogens with one attached hydrogen (secondary N) is 1. The molecule has 1 N–H and O–H groups in total. The van der Waals surface area contributed by atoms with Gasteiger partial charge in [-0.15, -0.1) is 11.8 Å². The standard InChI is InChI=1S/C10H15NO3S/c1-5(2)4-10-7(14-9(10)13)6(15-3)8(12)11-10/h5-7H,4H2,1-3H3,(H,11,12). The summed E-state index contributed by atoms with van der Waals surface area (Å²) in [6.07, 6.45) is 2.26. The zero-order valence-corrected chi connectivity index (χ0v) is 9.89. The minimum absolute atomic E-state index is 0.0704. The minimum atomic E-state index is -0.723. The second-order valence-electron chi connectivity index (χ2n) is 4.54. The molecule has 3 atom stereocenters. The maximum Gasteiger partial charge on any atom is 0.336 e. The molecule has 2 rings (SSSR count). The normalized spacial score (nSPS) is 38.4. The smallest absolute Gasteiger partial charge is 0.336 e. The van der Waals surface area contributed by atoms with Gasteiger partial charge in [0.05, 0.1) is 0 Å². The lowest BCUT2D eigenvalue weighted by Gasteiger charge is -2.43. The Labute approximate surface area is 93.1 Å². The number of esters is 1. The van der Waals surface area contributed by atoms with Gasteiger partial charge in [-0.1, -0.05) is 13.8 Å².